The van der Waals surface area contributed by atoms with E-state index in [4.69, 9.17) is 9.47 Å². The van der Waals surface area contributed by atoms with E-state index >= 15 is 0 Å². The van der Waals surface area contributed by atoms with Gasteiger partial charge in [0.2, 0.25) is 0 Å². The third kappa shape index (κ3) is 6.58. The third-order valence-electron chi connectivity index (χ3n) is 6.57. The summed E-state index contributed by atoms with van der Waals surface area (Å²) >= 11 is 0. The van der Waals surface area contributed by atoms with E-state index in [1.165, 1.54) is 0 Å². The summed E-state index contributed by atoms with van der Waals surface area (Å²) in [7, 11) is 1.63. The first-order valence-corrected chi connectivity index (χ1v) is 13.3. The van der Waals surface area contributed by atoms with Crippen LogP contribution >= 0.6 is 0 Å². The molecule has 0 bridgehead atoms. The molecule has 208 valence electrons. The van der Waals surface area contributed by atoms with Gasteiger partial charge in [0.1, 0.15) is 11.4 Å². The van der Waals surface area contributed by atoms with Crippen molar-refractivity contribution in [2.24, 2.45) is 0 Å². The highest BCUT2D eigenvalue weighted by atomic mass is 16.6. The average molecular weight is 543 g/mol. The van der Waals surface area contributed by atoms with Gasteiger partial charge in [-0.15, -0.1) is 0 Å². The highest BCUT2D eigenvalue weighted by Crippen LogP contribution is 2.23. The normalized spacial score (nSPS) is 14.2. The quantitative estimate of drug-likeness (QED) is 0.377. The lowest BCUT2D eigenvalue weighted by atomic mass is 10.1. The Hall–Kier alpha value is -4.44. The van der Waals surface area contributed by atoms with Crippen molar-refractivity contribution in [3.63, 3.8) is 0 Å². The first-order valence-electron chi connectivity index (χ1n) is 13.3. The third-order valence-corrected chi connectivity index (χ3v) is 6.57. The summed E-state index contributed by atoms with van der Waals surface area (Å²) < 4.78 is 12.4. The number of fused-ring (bicyclic) bond motifs is 1. The summed E-state index contributed by atoms with van der Waals surface area (Å²) in [5.41, 5.74) is 3.47. The van der Waals surface area contributed by atoms with E-state index in [1.807, 2.05) is 81.4 Å². The van der Waals surface area contributed by atoms with Crippen LogP contribution in [0.25, 0.3) is 16.9 Å². The van der Waals surface area contributed by atoms with Gasteiger partial charge in [0.05, 0.1) is 19.0 Å². The van der Waals surface area contributed by atoms with Crippen molar-refractivity contribution in [2.45, 2.75) is 32.9 Å². The van der Waals surface area contributed by atoms with Crippen LogP contribution in [0.1, 0.15) is 36.7 Å². The maximum Gasteiger partial charge on any atom is 0.410 e. The van der Waals surface area contributed by atoms with Crippen LogP contribution in [-0.2, 0) is 11.3 Å². The van der Waals surface area contributed by atoms with Crippen molar-refractivity contribution in [2.75, 3.05) is 38.6 Å². The van der Waals surface area contributed by atoms with Gasteiger partial charge in [-0.2, -0.15) is 5.10 Å². The van der Waals surface area contributed by atoms with Crippen LogP contribution in [0.5, 0.6) is 5.75 Å². The van der Waals surface area contributed by atoms with Crippen molar-refractivity contribution in [1.82, 2.24) is 24.4 Å². The standard InChI is InChI=1S/C30H34N6O4/c1-30(2,3)40-29(38)35-16-14-34(15-17-35)19-21-8-10-22(11-9-21)28(37)32-26-20-36-27(31-26)13-12-25(33-36)23-6-5-7-24(18-23)39-4/h5-13,18,20H,14-17,19H2,1-4H3,(H,32,37). The number of ether oxygens (including phenoxy) is 2. The fourth-order valence-electron chi connectivity index (χ4n) is 4.50. The minimum Gasteiger partial charge on any atom is -0.497 e. The molecular weight excluding hydrogens is 508 g/mol. The zero-order chi connectivity index (χ0) is 28.3. The predicted molar refractivity (Wildman–Crippen MR) is 152 cm³/mol. The molecule has 2 aromatic heterocycles. The molecule has 0 unspecified atom stereocenters. The lowest BCUT2D eigenvalue weighted by molar-refractivity contribution is 0.0139. The minimum absolute atomic E-state index is 0.242. The Kier molecular flexibility index (Phi) is 7.70. The first kappa shape index (κ1) is 27.1. The van der Waals surface area contributed by atoms with Crippen LogP contribution < -0.4 is 10.1 Å². The summed E-state index contributed by atoms with van der Waals surface area (Å²) in [5, 5.41) is 7.50. The minimum atomic E-state index is -0.495. The number of benzene rings is 2. The molecule has 4 aromatic rings. The summed E-state index contributed by atoms with van der Waals surface area (Å²) in [5.74, 6) is 0.936. The number of rotatable bonds is 6. The Morgan fingerprint density at radius 3 is 2.42 bits per heavy atom. The number of piperazine rings is 1. The van der Waals surface area contributed by atoms with Crippen LogP contribution in [0.4, 0.5) is 10.6 Å². The second-order valence-electron chi connectivity index (χ2n) is 10.8. The van der Waals surface area contributed by atoms with Crippen LogP contribution in [0.15, 0.2) is 66.9 Å². The Labute approximate surface area is 233 Å². The van der Waals surface area contributed by atoms with Gasteiger partial charge in [-0.1, -0.05) is 24.3 Å². The second kappa shape index (κ2) is 11.4. The molecule has 1 saturated heterocycles. The monoisotopic (exact) mass is 542 g/mol. The Balaban J connectivity index is 1.16. The molecule has 1 aliphatic heterocycles. The van der Waals surface area contributed by atoms with Crippen LogP contribution in [-0.4, -0.2) is 75.3 Å². The zero-order valence-electron chi connectivity index (χ0n) is 23.3. The average Bonchev–Trinajstić information content (AvgIpc) is 3.34. The number of carbonyl (C=O) groups is 2. The number of carbonyl (C=O) groups excluding carboxylic acids is 2. The van der Waals surface area contributed by atoms with Crippen molar-refractivity contribution in [3.05, 3.63) is 78.0 Å². The van der Waals surface area contributed by atoms with Gasteiger partial charge >= 0.3 is 6.09 Å². The van der Waals surface area contributed by atoms with E-state index in [1.54, 1.807) is 22.7 Å². The number of hydrogen-bond acceptors (Lipinski definition) is 7. The molecule has 0 spiro atoms. The van der Waals surface area contributed by atoms with E-state index < -0.39 is 5.60 Å². The van der Waals surface area contributed by atoms with Crippen molar-refractivity contribution in [1.29, 1.82) is 0 Å². The SMILES string of the molecule is COc1cccc(-c2ccc3nc(NC(=O)c4ccc(CN5CCN(C(=O)OC(C)(C)C)CC5)cc4)cn3n2)c1. The van der Waals surface area contributed by atoms with Crippen LogP contribution in [0.3, 0.4) is 0 Å². The largest absolute Gasteiger partial charge is 0.497 e. The van der Waals surface area contributed by atoms with Gasteiger partial charge in [-0.05, 0) is 62.7 Å². The van der Waals surface area contributed by atoms with Crippen molar-refractivity contribution in [3.8, 4) is 17.0 Å². The fraction of sp³-hybridized carbons (Fsp3) is 0.333. The molecule has 3 heterocycles. The molecule has 5 rings (SSSR count). The highest BCUT2D eigenvalue weighted by Gasteiger charge is 2.25. The molecule has 2 aromatic carbocycles. The molecule has 0 saturated carbocycles. The maximum absolute atomic E-state index is 12.9. The number of hydrogen-bond donors (Lipinski definition) is 1. The molecular formula is C30H34N6O4. The number of nitrogens with one attached hydrogen (secondary N) is 1. The van der Waals surface area contributed by atoms with E-state index in [2.05, 4.69) is 20.3 Å². The molecule has 1 aliphatic rings. The van der Waals surface area contributed by atoms with Crippen molar-refractivity contribution >= 4 is 23.5 Å². The zero-order valence-corrected chi connectivity index (χ0v) is 23.3. The van der Waals surface area contributed by atoms with Crippen molar-refractivity contribution < 1.29 is 19.1 Å². The van der Waals surface area contributed by atoms with E-state index in [9.17, 15) is 9.59 Å². The summed E-state index contributed by atoms with van der Waals surface area (Å²) in [4.78, 5) is 33.7. The summed E-state index contributed by atoms with van der Waals surface area (Å²) in [6, 6.07) is 19.0. The van der Waals surface area contributed by atoms with E-state index in [-0.39, 0.29) is 12.0 Å². The topological polar surface area (TPSA) is 101 Å². The molecule has 2 amide bonds. The lowest BCUT2D eigenvalue weighted by Crippen LogP contribution is -2.49. The molecule has 0 aliphatic carbocycles. The highest BCUT2D eigenvalue weighted by molar-refractivity contribution is 6.03. The number of imidazole rings is 1. The molecule has 40 heavy (non-hydrogen) atoms. The van der Waals surface area contributed by atoms with E-state index in [0.717, 1.165) is 42.2 Å². The van der Waals surface area contributed by atoms with Gasteiger partial charge in [-0.25, -0.2) is 14.3 Å². The number of nitrogens with zero attached hydrogens (tertiary/aromatic N) is 5. The Morgan fingerprint density at radius 2 is 1.73 bits per heavy atom. The molecule has 1 fully saturated rings. The Morgan fingerprint density at radius 1 is 0.975 bits per heavy atom. The summed E-state index contributed by atoms with van der Waals surface area (Å²) in [6.07, 6.45) is 1.43. The molecule has 1 N–H and O–H groups in total. The van der Waals surface area contributed by atoms with E-state index in [0.29, 0.717) is 30.1 Å². The van der Waals surface area contributed by atoms with Gasteiger partial charge in [-0.3, -0.25) is 9.69 Å². The number of aromatic nitrogens is 3. The maximum atomic E-state index is 12.9. The van der Waals surface area contributed by atoms with Gasteiger partial charge < -0.3 is 19.7 Å². The molecule has 10 nitrogen and oxygen atoms in total. The van der Waals surface area contributed by atoms with Gasteiger partial charge in [0.15, 0.2) is 11.5 Å². The van der Waals surface area contributed by atoms with Crippen LogP contribution in [0.2, 0.25) is 0 Å². The number of anilines is 1. The van der Waals surface area contributed by atoms with Crippen LogP contribution in [0, 0.1) is 0 Å². The first-order chi connectivity index (χ1) is 19.2. The van der Waals surface area contributed by atoms with Gasteiger partial charge in [0, 0.05) is 43.9 Å². The number of amides is 2. The number of methoxy groups -OCH3 is 1. The smallest absolute Gasteiger partial charge is 0.410 e. The second-order valence-corrected chi connectivity index (χ2v) is 10.8. The summed E-state index contributed by atoms with van der Waals surface area (Å²) in [6.45, 7) is 9.16. The molecule has 10 heteroatoms. The molecule has 0 radical (unpaired) electrons. The van der Waals surface area contributed by atoms with Gasteiger partial charge in [0.25, 0.3) is 5.91 Å². The lowest BCUT2D eigenvalue weighted by Gasteiger charge is -2.35. The fourth-order valence-corrected chi connectivity index (χ4v) is 4.50. The predicted octanol–water partition coefficient (Wildman–Crippen LogP) is 4.71. The molecule has 0 atom stereocenters. The Bertz CT molecular complexity index is 1500.